The van der Waals surface area contributed by atoms with Gasteiger partial charge in [0, 0.05) is 5.56 Å². The number of nitro groups is 1. The number of furan rings is 1. The van der Waals surface area contributed by atoms with Gasteiger partial charge in [0.1, 0.15) is 16.5 Å². The first kappa shape index (κ1) is 14.4. The Hall–Kier alpha value is -3.03. The monoisotopic (exact) mass is 291 g/mol. The van der Waals surface area contributed by atoms with Crippen LogP contribution in [0.2, 0.25) is 0 Å². The molecular weight excluding hydrogens is 281 g/mol. The van der Waals surface area contributed by atoms with Crippen molar-refractivity contribution in [2.24, 2.45) is 5.10 Å². The second kappa shape index (κ2) is 5.95. The molecule has 8 heteroatoms. The zero-order chi connectivity index (χ0) is 15.4. The van der Waals surface area contributed by atoms with Gasteiger partial charge in [0.25, 0.3) is 5.91 Å². The normalized spacial score (nSPS) is 11.2. The summed E-state index contributed by atoms with van der Waals surface area (Å²) in [4.78, 5) is 21.5. The van der Waals surface area contributed by atoms with Crippen molar-refractivity contribution in [1.29, 1.82) is 0 Å². The molecule has 0 aliphatic rings. The quantitative estimate of drug-likeness (QED) is 0.531. The van der Waals surface area contributed by atoms with E-state index in [1.54, 1.807) is 0 Å². The average molecular weight is 291 g/mol. The van der Waals surface area contributed by atoms with Crippen LogP contribution in [0.4, 0.5) is 10.3 Å². The SMILES string of the molecule is C/C(=N\NC(=O)c1ccc(F)cc1)c1ccc([N+](=O)[O-])o1. The molecule has 1 N–H and O–H groups in total. The van der Waals surface area contributed by atoms with Crippen LogP contribution in [0.1, 0.15) is 23.0 Å². The van der Waals surface area contributed by atoms with Crippen molar-refractivity contribution in [2.45, 2.75) is 6.92 Å². The second-order valence-corrected chi connectivity index (χ2v) is 4.04. The van der Waals surface area contributed by atoms with Crippen molar-refractivity contribution in [3.05, 3.63) is 63.7 Å². The number of nitrogens with one attached hydrogen (secondary N) is 1. The Balaban J connectivity index is 2.07. The molecule has 1 heterocycles. The molecule has 0 spiro atoms. The number of carbonyl (C=O) groups is 1. The summed E-state index contributed by atoms with van der Waals surface area (Å²) < 4.78 is 17.7. The molecule has 0 saturated carbocycles. The third kappa shape index (κ3) is 3.50. The zero-order valence-electron chi connectivity index (χ0n) is 10.9. The zero-order valence-corrected chi connectivity index (χ0v) is 10.9. The molecule has 0 atom stereocenters. The number of amides is 1. The summed E-state index contributed by atoms with van der Waals surface area (Å²) in [6.07, 6.45) is 0. The molecule has 1 aromatic carbocycles. The first-order valence-electron chi connectivity index (χ1n) is 5.82. The standard InChI is InChI=1S/C13H10FN3O4/c1-8(11-6-7-12(21-11)17(19)20)15-16-13(18)9-2-4-10(14)5-3-9/h2-7H,1H3,(H,16,18)/b15-8+. The van der Waals surface area contributed by atoms with Gasteiger partial charge in [-0.3, -0.25) is 14.9 Å². The average Bonchev–Trinajstić information content (AvgIpc) is 2.95. The molecule has 2 aromatic rings. The van der Waals surface area contributed by atoms with E-state index < -0.39 is 22.5 Å². The molecule has 21 heavy (non-hydrogen) atoms. The molecule has 1 aromatic heterocycles. The molecule has 0 saturated heterocycles. The molecular formula is C13H10FN3O4. The molecule has 7 nitrogen and oxygen atoms in total. The van der Waals surface area contributed by atoms with Crippen LogP contribution < -0.4 is 5.43 Å². The van der Waals surface area contributed by atoms with E-state index in [-0.39, 0.29) is 17.0 Å². The van der Waals surface area contributed by atoms with Gasteiger partial charge < -0.3 is 4.42 Å². The first-order valence-corrected chi connectivity index (χ1v) is 5.82. The number of nitrogens with zero attached hydrogens (tertiary/aromatic N) is 2. The van der Waals surface area contributed by atoms with E-state index in [1.807, 2.05) is 0 Å². The Morgan fingerprint density at radius 1 is 1.29 bits per heavy atom. The highest BCUT2D eigenvalue weighted by Crippen LogP contribution is 2.16. The molecule has 108 valence electrons. The molecule has 0 aliphatic carbocycles. The van der Waals surface area contributed by atoms with Crippen LogP contribution in [-0.2, 0) is 0 Å². The van der Waals surface area contributed by atoms with E-state index in [9.17, 15) is 19.3 Å². The molecule has 0 fully saturated rings. The fraction of sp³-hybridized carbons (Fsp3) is 0.0769. The summed E-state index contributed by atoms with van der Waals surface area (Å²) in [5.74, 6) is -1.23. The lowest BCUT2D eigenvalue weighted by atomic mass is 10.2. The minimum absolute atomic E-state index is 0.168. The Kier molecular flexibility index (Phi) is 4.07. The Labute approximate surface area is 118 Å². The highest BCUT2D eigenvalue weighted by Gasteiger charge is 2.13. The Morgan fingerprint density at radius 3 is 2.52 bits per heavy atom. The number of carbonyl (C=O) groups excluding carboxylic acids is 1. The van der Waals surface area contributed by atoms with Gasteiger partial charge in [0.05, 0.1) is 6.07 Å². The van der Waals surface area contributed by atoms with Gasteiger partial charge in [0.15, 0.2) is 5.76 Å². The van der Waals surface area contributed by atoms with E-state index in [0.717, 1.165) is 12.1 Å². The number of rotatable bonds is 4. The maximum absolute atomic E-state index is 12.7. The van der Waals surface area contributed by atoms with Crippen LogP contribution in [0, 0.1) is 15.9 Å². The van der Waals surface area contributed by atoms with Crippen molar-refractivity contribution >= 4 is 17.5 Å². The van der Waals surface area contributed by atoms with Crippen LogP contribution in [0.3, 0.4) is 0 Å². The van der Waals surface area contributed by atoms with Gasteiger partial charge in [-0.25, -0.2) is 9.82 Å². The maximum Gasteiger partial charge on any atom is 0.433 e. The van der Waals surface area contributed by atoms with Crippen LogP contribution in [0.5, 0.6) is 0 Å². The number of halogens is 1. The van der Waals surface area contributed by atoms with Crippen LogP contribution in [0.15, 0.2) is 45.9 Å². The molecule has 0 unspecified atom stereocenters. The van der Waals surface area contributed by atoms with Gasteiger partial charge in [-0.05, 0) is 37.3 Å². The number of hydrazone groups is 1. The molecule has 1 amide bonds. The van der Waals surface area contributed by atoms with Gasteiger partial charge >= 0.3 is 5.88 Å². The van der Waals surface area contributed by atoms with Crippen molar-refractivity contribution < 1.29 is 18.5 Å². The Bertz CT molecular complexity index is 706. The summed E-state index contributed by atoms with van der Waals surface area (Å²) >= 11 is 0. The molecule has 0 bridgehead atoms. The number of hydrogen-bond donors (Lipinski definition) is 1. The predicted molar refractivity (Wildman–Crippen MR) is 71.4 cm³/mol. The molecule has 2 rings (SSSR count). The van der Waals surface area contributed by atoms with Crippen molar-refractivity contribution in [2.75, 3.05) is 0 Å². The summed E-state index contributed by atoms with van der Waals surface area (Å²) in [5, 5.41) is 14.3. The van der Waals surface area contributed by atoms with Crippen molar-refractivity contribution in [3.8, 4) is 0 Å². The van der Waals surface area contributed by atoms with E-state index in [4.69, 9.17) is 4.42 Å². The highest BCUT2D eigenvalue weighted by molar-refractivity contribution is 5.99. The summed E-state index contributed by atoms with van der Waals surface area (Å²) in [6, 6.07) is 7.50. The van der Waals surface area contributed by atoms with Gasteiger partial charge in [-0.2, -0.15) is 5.10 Å². The minimum Gasteiger partial charge on any atom is -0.399 e. The maximum atomic E-state index is 12.7. The van der Waals surface area contributed by atoms with Gasteiger partial charge in [-0.1, -0.05) is 0 Å². The van der Waals surface area contributed by atoms with Crippen LogP contribution in [-0.4, -0.2) is 16.5 Å². The Morgan fingerprint density at radius 2 is 1.95 bits per heavy atom. The minimum atomic E-state index is -0.673. The van der Waals surface area contributed by atoms with Crippen LogP contribution in [0.25, 0.3) is 0 Å². The lowest BCUT2D eigenvalue weighted by molar-refractivity contribution is -0.402. The van der Waals surface area contributed by atoms with Gasteiger partial charge in [0.2, 0.25) is 0 Å². The lowest BCUT2D eigenvalue weighted by Gasteiger charge is -2.00. The lowest BCUT2D eigenvalue weighted by Crippen LogP contribution is -2.19. The predicted octanol–water partition coefficient (Wildman–Crippen LogP) is 2.48. The summed E-state index contributed by atoms with van der Waals surface area (Å²) in [7, 11) is 0. The summed E-state index contributed by atoms with van der Waals surface area (Å²) in [5.41, 5.74) is 2.75. The second-order valence-electron chi connectivity index (χ2n) is 4.04. The smallest absolute Gasteiger partial charge is 0.399 e. The molecule has 0 aliphatic heterocycles. The third-order valence-electron chi connectivity index (χ3n) is 2.56. The highest BCUT2D eigenvalue weighted by atomic mass is 19.1. The van der Waals surface area contributed by atoms with Crippen molar-refractivity contribution in [3.63, 3.8) is 0 Å². The van der Waals surface area contributed by atoms with E-state index in [1.165, 1.54) is 31.2 Å². The molecule has 0 radical (unpaired) electrons. The number of benzene rings is 1. The van der Waals surface area contributed by atoms with E-state index in [0.29, 0.717) is 0 Å². The summed E-state index contributed by atoms with van der Waals surface area (Å²) in [6.45, 7) is 1.52. The number of hydrogen-bond acceptors (Lipinski definition) is 5. The van der Waals surface area contributed by atoms with E-state index in [2.05, 4.69) is 10.5 Å². The largest absolute Gasteiger partial charge is 0.433 e. The third-order valence-corrected chi connectivity index (χ3v) is 2.56. The first-order chi connectivity index (χ1) is 9.97. The fourth-order valence-electron chi connectivity index (χ4n) is 1.48. The van der Waals surface area contributed by atoms with Gasteiger partial charge in [-0.15, -0.1) is 0 Å². The topological polar surface area (TPSA) is 97.7 Å². The fourth-order valence-corrected chi connectivity index (χ4v) is 1.48. The van der Waals surface area contributed by atoms with Crippen molar-refractivity contribution in [1.82, 2.24) is 5.43 Å². The van der Waals surface area contributed by atoms with E-state index >= 15 is 0 Å². The van der Waals surface area contributed by atoms with Crippen LogP contribution >= 0.6 is 0 Å².